The molecule has 1 aliphatic heterocycles. The first-order valence-electron chi connectivity index (χ1n) is 7.36. The van der Waals surface area contributed by atoms with E-state index in [4.69, 9.17) is 5.73 Å². The smallest absolute Gasteiger partial charge is 0.241 e. The fourth-order valence-corrected chi connectivity index (χ4v) is 2.43. The van der Waals surface area contributed by atoms with Gasteiger partial charge in [-0.3, -0.25) is 4.79 Å². The number of carbonyl (C=O) groups excluding carboxylic acids is 1. The van der Waals surface area contributed by atoms with E-state index in [1.54, 1.807) is 6.20 Å². The highest BCUT2D eigenvalue weighted by atomic mass is 16.2. The summed E-state index contributed by atoms with van der Waals surface area (Å²) in [4.78, 5) is 14.2. The van der Waals surface area contributed by atoms with Gasteiger partial charge in [0.15, 0.2) is 0 Å². The summed E-state index contributed by atoms with van der Waals surface area (Å²) in [6.07, 6.45) is 6.91. The van der Waals surface area contributed by atoms with Crippen LogP contribution in [0.4, 0.5) is 0 Å². The molecule has 0 aliphatic carbocycles. The molecule has 0 aromatic carbocycles. The lowest BCUT2D eigenvalue weighted by Crippen LogP contribution is -2.36. The van der Waals surface area contributed by atoms with Crippen LogP contribution < -0.4 is 11.1 Å². The fraction of sp³-hybridized carbons (Fsp3) is 0.769. The van der Waals surface area contributed by atoms with Crippen LogP contribution in [0.5, 0.6) is 0 Å². The molecule has 2 rings (SSSR count). The minimum absolute atomic E-state index is 0.0340. The largest absolute Gasteiger partial charge is 0.353 e. The SMILES string of the molecule is NCc1cn(CC(=O)NCCN2CCCCCC2)nn1. The Morgan fingerprint density at radius 3 is 2.70 bits per heavy atom. The third kappa shape index (κ3) is 4.90. The lowest BCUT2D eigenvalue weighted by molar-refractivity contribution is -0.121. The van der Waals surface area contributed by atoms with Crippen molar-refractivity contribution in [2.24, 2.45) is 5.73 Å². The second-order valence-corrected chi connectivity index (χ2v) is 5.22. The average Bonchev–Trinajstić information content (AvgIpc) is 2.73. The van der Waals surface area contributed by atoms with E-state index in [1.807, 2.05) is 0 Å². The average molecular weight is 280 g/mol. The summed E-state index contributed by atoms with van der Waals surface area (Å²) in [6, 6.07) is 0. The number of hydrogen-bond acceptors (Lipinski definition) is 5. The molecule has 0 unspecified atom stereocenters. The van der Waals surface area contributed by atoms with Gasteiger partial charge >= 0.3 is 0 Å². The number of amides is 1. The van der Waals surface area contributed by atoms with Gasteiger partial charge in [0.05, 0.1) is 11.9 Å². The standard InChI is InChI=1S/C13H24N6O/c14-9-12-10-19(17-16-12)11-13(20)15-5-8-18-6-3-1-2-4-7-18/h10H,1-9,11,14H2,(H,15,20). The highest BCUT2D eigenvalue weighted by Crippen LogP contribution is 2.08. The molecule has 3 N–H and O–H groups in total. The fourth-order valence-electron chi connectivity index (χ4n) is 2.43. The van der Waals surface area contributed by atoms with Crippen molar-refractivity contribution in [2.45, 2.75) is 38.8 Å². The summed E-state index contributed by atoms with van der Waals surface area (Å²) in [7, 11) is 0. The zero-order valence-corrected chi connectivity index (χ0v) is 11.9. The van der Waals surface area contributed by atoms with E-state index in [0.717, 1.165) is 19.6 Å². The zero-order chi connectivity index (χ0) is 14.2. The number of nitrogens with one attached hydrogen (secondary N) is 1. The molecule has 1 saturated heterocycles. The number of nitrogens with zero attached hydrogens (tertiary/aromatic N) is 4. The molecule has 7 heteroatoms. The first-order valence-corrected chi connectivity index (χ1v) is 7.36. The van der Waals surface area contributed by atoms with E-state index in [-0.39, 0.29) is 12.5 Å². The van der Waals surface area contributed by atoms with Gasteiger partial charge in [0.25, 0.3) is 0 Å². The van der Waals surface area contributed by atoms with Crippen molar-refractivity contribution in [3.05, 3.63) is 11.9 Å². The normalized spacial score (nSPS) is 16.9. The lowest BCUT2D eigenvalue weighted by atomic mass is 10.2. The van der Waals surface area contributed by atoms with Crippen molar-refractivity contribution < 1.29 is 4.79 Å². The first-order chi connectivity index (χ1) is 9.78. The molecule has 1 fully saturated rings. The number of rotatable bonds is 6. The monoisotopic (exact) mass is 280 g/mol. The van der Waals surface area contributed by atoms with Crippen LogP contribution in [0.25, 0.3) is 0 Å². The van der Waals surface area contributed by atoms with Crippen LogP contribution in [0.1, 0.15) is 31.4 Å². The Bertz CT molecular complexity index is 411. The molecule has 1 aromatic rings. The molecule has 0 spiro atoms. The van der Waals surface area contributed by atoms with Gasteiger partial charge in [-0.1, -0.05) is 18.1 Å². The number of likely N-dealkylation sites (tertiary alicyclic amines) is 1. The summed E-state index contributed by atoms with van der Waals surface area (Å²) in [5.74, 6) is -0.0340. The lowest BCUT2D eigenvalue weighted by Gasteiger charge is -2.19. The second-order valence-electron chi connectivity index (χ2n) is 5.22. The van der Waals surface area contributed by atoms with Gasteiger partial charge < -0.3 is 16.0 Å². The Morgan fingerprint density at radius 1 is 1.30 bits per heavy atom. The van der Waals surface area contributed by atoms with Crippen LogP contribution in [-0.4, -0.2) is 52.0 Å². The minimum atomic E-state index is -0.0340. The summed E-state index contributed by atoms with van der Waals surface area (Å²) in [6.45, 7) is 4.47. The summed E-state index contributed by atoms with van der Waals surface area (Å²) in [5.41, 5.74) is 6.14. The number of nitrogens with two attached hydrogens (primary N) is 1. The highest BCUT2D eigenvalue weighted by molar-refractivity contribution is 5.75. The van der Waals surface area contributed by atoms with Crippen LogP contribution in [-0.2, 0) is 17.9 Å². The Morgan fingerprint density at radius 2 is 2.05 bits per heavy atom. The Labute approximate surface area is 119 Å². The van der Waals surface area contributed by atoms with Crippen LogP contribution in [0.15, 0.2) is 6.20 Å². The summed E-state index contributed by atoms with van der Waals surface area (Å²) >= 11 is 0. The second kappa shape index (κ2) is 7.96. The maximum atomic E-state index is 11.8. The maximum Gasteiger partial charge on any atom is 0.241 e. The van der Waals surface area contributed by atoms with Gasteiger partial charge in [-0.05, 0) is 25.9 Å². The van der Waals surface area contributed by atoms with Crippen LogP contribution in [0.2, 0.25) is 0 Å². The Hall–Kier alpha value is -1.47. The molecule has 0 bridgehead atoms. The van der Waals surface area contributed by atoms with Crippen LogP contribution in [0.3, 0.4) is 0 Å². The Balaban J connectivity index is 1.64. The van der Waals surface area contributed by atoms with E-state index >= 15 is 0 Å². The van der Waals surface area contributed by atoms with Crippen molar-refractivity contribution in [3.63, 3.8) is 0 Å². The molecule has 112 valence electrons. The van der Waals surface area contributed by atoms with E-state index in [9.17, 15) is 4.79 Å². The van der Waals surface area contributed by atoms with Crippen molar-refractivity contribution in [2.75, 3.05) is 26.2 Å². The molecular weight excluding hydrogens is 256 g/mol. The third-order valence-corrected chi connectivity index (χ3v) is 3.55. The van der Waals surface area contributed by atoms with Crippen molar-refractivity contribution in [3.8, 4) is 0 Å². The predicted molar refractivity (Wildman–Crippen MR) is 75.8 cm³/mol. The Kier molecular flexibility index (Phi) is 5.94. The number of carbonyl (C=O) groups is 1. The summed E-state index contributed by atoms with van der Waals surface area (Å²) < 4.78 is 1.52. The molecule has 0 radical (unpaired) electrons. The molecule has 1 amide bonds. The van der Waals surface area contributed by atoms with Crippen LogP contribution >= 0.6 is 0 Å². The van der Waals surface area contributed by atoms with E-state index in [0.29, 0.717) is 18.8 Å². The van der Waals surface area contributed by atoms with Crippen molar-refractivity contribution >= 4 is 5.91 Å². The molecule has 20 heavy (non-hydrogen) atoms. The van der Waals surface area contributed by atoms with Gasteiger partial charge in [0.2, 0.25) is 5.91 Å². The third-order valence-electron chi connectivity index (χ3n) is 3.55. The van der Waals surface area contributed by atoms with Gasteiger partial charge in [-0.2, -0.15) is 0 Å². The molecule has 1 aromatic heterocycles. The molecule has 1 aliphatic rings. The topological polar surface area (TPSA) is 89.1 Å². The maximum absolute atomic E-state index is 11.8. The van der Waals surface area contributed by atoms with Gasteiger partial charge in [-0.25, -0.2) is 4.68 Å². The van der Waals surface area contributed by atoms with Crippen LogP contribution in [0, 0.1) is 0 Å². The number of hydrogen-bond donors (Lipinski definition) is 2. The molecule has 2 heterocycles. The minimum Gasteiger partial charge on any atom is -0.353 e. The van der Waals surface area contributed by atoms with E-state index < -0.39 is 0 Å². The van der Waals surface area contributed by atoms with Crippen molar-refractivity contribution in [1.29, 1.82) is 0 Å². The van der Waals surface area contributed by atoms with E-state index in [1.165, 1.54) is 30.4 Å². The van der Waals surface area contributed by atoms with Crippen molar-refractivity contribution in [1.82, 2.24) is 25.2 Å². The summed E-state index contributed by atoms with van der Waals surface area (Å²) in [5, 5.41) is 10.6. The molecule has 0 atom stereocenters. The number of aromatic nitrogens is 3. The molecular formula is C13H24N6O. The first kappa shape index (κ1) is 14.9. The van der Waals surface area contributed by atoms with Gasteiger partial charge in [-0.15, -0.1) is 5.10 Å². The molecule has 7 nitrogen and oxygen atoms in total. The molecule has 0 saturated carbocycles. The highest BCUT2D eigenvalue weighted by Gasteiger charge is 2.09. The van der Waals surface area contributed by atoms with Gasteiger partial charge in [0.1, 0.15) is 6.54 Å². The quantitative estimate of drug-likeness (QED) is 0.749. The predicted octanol–water partition coefficient (Wildman–Crippen LogP) is -0.271. The van der Waals surface area contributed by atoms with E-state index in [2.05, 4.69) is 20.5 Å². The zero-order valence-electron chi connectivity index (χ0n) is 11.9. The van der Waals surface area contributed by atoms with Gasteiger partial charge in [0, 0.05) is 19.6 Å².